The highest BCUT2D eigenvalue weighted by Crippen LogP contribution is 2.26. The van der Waals surface area contributed by atoms with Crippen molar-refractivity contribution in [3.8, 4) is 0 Å². The summed E-state index contributed by atoms with van der Waals surface area (Å²) < 4.78 is 0. The second kappa shape index (κ2) is 5.96. The third-order valence-corrected chi connectivity index (χ3v) is 5.75. The van der Waals surface area contributed by atoms with Gasteiger partial charge in [-0.2, -0.15) is 0 Å². The first-order valence-electron chi connectivity index (χ1n) is 7.70. The van der Waals surface area contributed by atoms with Crippen LogP contribution < -0.4 is 0 Å². The van der Waals surface area contributed by atoms with Crippen LogP contribution in [0.4, 0.5) is 0 Å². The second-order valence-electron chi connectivity index (χ2n) is 6.31. The van der Waals surface area contributed by atoms with E-state index in [9.17, 15) is 4.79 Å². The molecule has 0 aromatic carbocycles. The fourth-order valence-corrected chi connectivity index (χ4v) is 4.25. The SMILES string of the molecule is CC(=O)c1cc(CN2CC(N3CCCC[C@@H]3C)C2)cs1. The molecule has 0 bridgehead atoms. The van der Waals surface area contributed by atoms with Crippen LogP contribution >= 0.6 is 11.3 Å². The first-order valence-corrected chi connectivity index (χ1v) is 8.58. The Morgan fingerprint density at radius 1 is 1.40 bits per heavy atom. The summed E-state index contributed by atoms with van der Waals surface area (Å²) in [6.45, 7) is 8.69. The summed E-state index contributed by atoms with van der Waals surface area (Å²) in [6.07, 6.45) is 4.13. The minimum Gasteiger partial charge on any atom is -0.296 e. The molecule has 0 spiro atoms. The maximum atomic E-state index is 11.3. The molecule has 1 atom stereocenters. The standard InChI is InChI=1S/C16H24N2OS/c1-12-5-3-4-6-18(12)15-9-17(10-15)8-14-7-16(13(2)19)20-11-14/h7,11-12,15H,3-6,8-10H2,1-2H3/t12-/m0/s1. The van der Waals surface area contributed by atoms with E-state index in [2.05, 4.69) is 28.2 Å². The maximum absolute atomic E-state index is 11.3. The molecule has 4 heteroatoms. The van der Waals surface area contributed by atoms with E-state index in [1.807, 2.05) is 0 Å². The number of rotatable bonds is 4. The molecule has 2 fully saturated rings. The number of carbonyl (C=O) groups excluding carboxylic acids is 1. The van der Waals surface area contributed by atoms with Gasteiger partial charge in [-0.05, 0) is 50.2 Å². The smallest absolute Gasteiger partial charge is 0.169 e. The Bertz CT molecular complexity index is 479. The van der Waals surface area contributed by atoms with Gasteiger partial charge < -0.3 is 0 Å². The van der Waals surface area contributed by atoms with Crippen molar-refractivity contribution in [1.82, 2.24) is 9.80 Å². The van der Waals surface area contributed by atoms with E-state index in [4.69, 9.17) is 0 Å². The minimum atomic E-state index is 0.185. The second-order valence-corrected chi connectivity index (χ2v) is 7.22. The molecule has 0 radical (unpaired) electrons. The fraction of sp³-hybridized carbons (Fsp3) is 0.688. The molecular formula is C16H24N2OS. The molecule has 0 aliphatic carbocycles. The topological polar surface area (TPSA) is 23.6 Å². The van der Waals surface area contributed by atoms with Crippen molar-refractivity contribution in [2.45, 2.75) is 51.7 Å². The van der Waals surface area contributed by atoms with Crippen LogP contribution in [0, 0.1) is 0 Å². The monoisotopic (exact) mass is 292 g/mol. The highest BCUT2D eigenvalue weighted by atomic mass is 32.1. The van der Waals surface area contributed by atoms with Crippen LogP contribution in [-0.4, -0.2) is 47.3 Å². The van der Waals surface area contributed by atoms with Crippen LogP contribution in [0.1, 0.15) is 48.3 Å². The number of Topliss-reactive ketones (excluding diaryl/α,β-unsaturated/α-hetero) is 1. The molecule has 3 heterocycles. The predicted molar refractivity (Wildman–Crippen MR) is 83.4 cm³/mol. The average Bonchev–Trinajstić information content (AvgIpc) is 2.83. The first kappa shape index (κ1) is 14.2. The van der Waals surface area contributed by atoms with E-state index in [-0.39, 0.29) is 5.78 Å². The summed E-state index contributed by atoms with van der Waals surface area (Å²) in [6, 6.07) is 3.58. The molecule has 2 aliphatic rings. The number of carbonyl (C=O) groups is 1. The lowest BCUT2D eigenvalue weighted by Gasteiger charge is -2.49. The zero-order chi connectivity index (χ0) is 14.1. The molecule has 20 heavy (non-hydrogen) atoms. The van der Waals surface area contributed by atoms with Crippen LogP contribution in [0.3, 0.4) is 0 Å². The van der Waals surface area contributed by atoms with Gasteiger partial charge in [0.1, 0.15) is 0 Å². The number of piperidine rings is 1. The summed E-state index contributed by atoms with van der Waals surface area (Å²) in [7, 11) is 0. The normalized spacial score (nSPS) is 25.6. The van der Waals surface area contributed by atoms with E-state index in [1.54, 1.807) is 18.3 Å². The number of thiophene rings is 1. The van der Waals surface area contributed by atoms with E-state index < -0.39 is 0 Å². The van der Waals surface area contributed by atoms with Gasteiger partial charge in [0.2, 0.25) is 0 Å². The molecule has 3 nitrogen and oxygen atoms in total. The van der Waals surface area contributed by atoms with Crippen molar-refractivity contribution < 1.29 is 4.79 Å². The van der Waals surface area contributed by atoms with Crippen LogP contribution in [0.5, 0.6) is 0 Å². The maximum Gasteiger partial charge on any atom is 0.169 e. The Balaban J connectivity index is 1.49. The summed E-state index contributed by atoms with van der Waals surface area (Å²) in [5, 5.41) is 2.13. The summed E-state index contributed by atoms with van der Waals surface area (Å²) >= 11 is 1.58. The molecule has 0 unspecified atom stereocenters. The van der Waals surface area contributed by atoms with Gasteiger partial charge >= 0.3 is 0 Å². The highest BCUT2D eigenvalue weighted by molar-refractivity contribution is 7.12. The molecule has 1 aromatic rings. The minimum absolute atomic E-state index is 0.185. The largest absolute Gasteiger partial charge is 0.296 e. The zero-order valence-electron chi connectivity index (χ0n) is 12.5. The Labute approximate surface area is 125 Å². The number of nitrogens with zero attached hydrogens (tertiary/aromatic N) is 2. The van der Waals surface area contributed by atoms with Crippen LogP contribution in [0.15, 0.2) is 11.4 Å². The van der Waals surface area contributed by atoms with Gasteiger partial charge in [-0.1, -0.05) is 6.42 Å². The Kier molecular flexibility index (Phi) is 4.24. The van der Waals surface area contributed by atoms with Crippen molar-refractivity contribution >= 4 is 17.1 Å². The number of ketones is 1. The van der Waals surface area contributed by atoms with Crippen molar-refractivity contribution in [2.75, 3.05) is 19.6 Å². The summed E-state index contributed by atoms with van der Waals surface area (Å²) in [5.41, 5.74) is 1.30. The van der Waals surface area contributed by atoms with Crippen LogP contribution in [0.25, 0.3) is 0 Å². The summed E-state index contributed by atoms with van der Waals surface area (Å²) in [5.74, 6) is 0.185. The molecule has 3 rings (SSSR count). The molecule has 1 aromatic heterocycles. The van der Waals surface area contributed by atoms with Crippen LogP contribution in [0.2, 0.25) is 0 Å². The van der Waals surface area contributed by atoms with E-state index in [0.717, 1.165) is 23.5 Å². The lowest BCUT2D eigenvalue weighted by molar-refractivity contribution is -0.00615. The third kappa shape index (κ3) is 2.97. The molecule has 2 saturated heterocycles. The number of hydrogen-bond donors (Lipinski definition) is 0. The zero-order valence-corrected chi connectivity index (χ0v) is 13.3. The van der Waals surface area contributed by atoms with Gasteiger partial charge in [-0.3, -0.25) is 14.6 Å². The van der Waals surface area contributed by atoms with E-state index in [1.165, 1.54) is 44.5 Å². The van der Waals surface area contributed by atoms with Crippen molar-refractivity contribution in [1.29, 1.82) is 0 Å². The van der Waals surface area contributed by atoms with E-state index >= 15 is 0 Å². The lowest BCUT2D eigenvalue weighted by Crippen LogP contribution is -2.61. The molecule has 2 aliphatic heterocycles. The molecule has 110 valence electrons. The predicted octanol–water partition coefficient (Wildman–Crippen LogP) is 3.01. The van der Waals surface area contributed by atoms with Crippen molar-refractivity contribution in [3.63, 3.8) is 0 Å². The third-order valence-electron chi connectivity index (χ3n) is 4.67. The first-order chi connectivity index (χ1) is 9.63. The van der Waals surface area contributed by atoms with Gasteiger partial charge in [0.05, 0.1) is 4.88 Å². The Morgan fingerprint density at radius 2 is 2.20 bits per heavy atom. The highest BCUT2D eigenvalue weighted by Gasteiger charge is 2.34. The van der Waals surface area contributed by atoms with E-state index in [0.29, 0.717) is 0 Å². The van der Waals surface area contributed by atoms with Crippen LogP contribution in [-0.2, 0) is 6.54 Å². The number of likely N-dealkylation sites (tertiary alicyclic amines) is 2. The van der Waals surface area contributed by atoms with Gasteiger partial charge in [-0.15, -0.1) is 11.3 Å². The Morgan fingerprint density at radius 3 is 2.85 bits per heavy atom. The quantitative estimate of drug-likeness (QED) is 0.797. The molecule has 0 saturated carbocycles. The lowest BCUT2D eigenvalue weighted by atomic mass is 9.97. The average molecular weight is 292 g/mol. The van der Waals surface area contributed by atoms with Gasteiger partial charge in [0.25, 0.3) is 0 Å². The molecule has 0 N–H and O–H groups in total. The fourth-order valence-electron chi connectivity index (χ4n) is 3.45. The molecule has 0 amide bonds. The summed E-state index contributed by atoms with van der Waals surface area (Å²) in [4.78, 5) is 17.4. The van der Waals surface area contributed by atoms with Gasteiger partial charge in [-0.25, -0.2) is 0 Å². The molecular weight excluding hydrogens is 268 g/mol. The van der Waals surface area contributed by atoms with Crippen molar-refractivity contribution in [2.24, 2.45) is 0 Å². The number of hydrogen-bond acceptors (Lipinski definition) is 4. The van der Waals surface area contributed by atoms with Crippen molar-refractivity contribution in [3.05, 3.63) is 21.9 Å². The Hall–Kier alpha value is -0.710. The van der Waals surface area contributed by atoms with Gasteiger partial charge in [0.15, 0.2) is 5.78 Å². The van der Waals surface area contributed by atoms with Gasteiger partial charge in [0, 0.05) is 31.7 Å².